The third-order valence-corrected chi connectivity index (χ3v) is 6.89. The highest BCUT2D eigenvalue weighted by Gasteiger charge is 2.38. The number of piperidine rings is 1. The van der Waals surface area contributed by atoms with Crippen molar-refractivity contribution in [2.45, 2.75) is 64.2 Å². The Morgan fingerprint density at radius 1 is 1.12 bits per heavy atom. The number of likely N-dealkylation sites (tertiary alicyclic amines) is 1. The monoisotopic (exact) mass is 468 g/mol. The summed E-state index contributed by atoms with van der Waals surface area (Å²) in [5, 5.41) is 22.3. The van der Waals surface area contributed by atoms with Crippen LogP contribution in [0.5, 0.6) is 5.75 Å². The molecule has 4 N–H and O–H groups in total. The van der Waals surface area contributed by atoms with E-state index in [1.165, 1.54) is 0 Å². The first-order valence-electron chi connectivity index (χ1n) is 12.4. The number of carbonyl (C=O) groups excluding carboxylic acids is 1. The SMILES string of the molecule is CC(C)CC(CN)CC(=O)Oc1ccc(C(O)C(C)N2CCCC(O)(c3ccccc3)C2)cc1. The number of esters is 1. The summed E-state index contributed by atoms with van der Waals surface area (Å²) in [7, 11) is 0. The average Bonchev–Trinajstić information content (AvgIpc) is 2.83. The van der Waals surface area contributed by atoms with E-state index in [4.69, 9.17) is 10.5 Å². The number of hydrogen-bond acceptors (Lipinski definition) is 6. The number of aliphatic hydroxyl groups is 2. The van der Waals surface area contributed by atoms with Crippen LogP contribution in [-0.4, -0.2) is 46.8 Å². The molecule has 4 atom stereocenters. The summed E-state index contributed by atoms with van der Waals surface area (Å²) in [5.74, 6) is 0.776. The predicted molar refractivity (Wildman–Crippen MR) is 134 cm³/mol. The van der Waals surface area contributed by atoms with E-state index in [0.717, 1.165) is 30.5 Å². The first-order chi connectivity index (χ1) is 16.2. The number of benzene rings is 2. The molecule has 6 nitrogen and oxygen atoms in total. The number of nitrogens with two attached hydrogens (primary N) is 1. The van der Waals surface area contributed by atoms with Gasteiger partial charge < -0.3 is 20.7 Å². The van der Waals surface area contributed by atoms with Gasteiger partial charge in [0, 0.05) is 19.0 Å². The molecular weight excluding hydrogens is 428 g/mol. The molecule has 2 aromatic carbocycles. The number of carbonyl (C=O) groups is 1. The van der Waals surface area contributed by atoms with E-state index in [1.807, 2.05) is 37.3 Å². The van der Waals surface area contributed by atoms with Crippen molar-refractivity contribution in [3.8, 4) is 5.75 Å². The lowest BCUT2D eigenvalue weighted by Gasteiger charge is -2.43. The van der Waals surface area contributed by atoms with Crippen molar-refractivity contribution >= 4 is 5.97 Å². The van der Waals surface area contributed by atoms with E-state index in [-0.39, 0.29) is 17.9 Å². The van der Waals surface area contributed by atoms with Crippen molar-refractivity contribution in [3.05, 3.63) is 65.7 Å². The molecule has 1 fully saturated rings. The molecule has 1 heterocycles. The van der Waals surface area contributed by atoms with Crippen LogP contribution in [0, 0.1) is 11.8 Å². The minimum atomic E-state index is -0.914. The van der Waals surface area contributed by atoms with Gasteiger partial charge in [0.05, 0.1) is 6.10 Å². The minimum absolute atomic E-state index is 0.119. The van der Waals surface area contributed by atoms with Gasteiger partial charge in [0.25, 0.3) is 0 Å². The Hall–Kier alpha value is -2.25. The fourth-order valence-corrected chi connectivity index (χ4v) is 4.95. The van der Waals surface area contributed by atoms with Crippen molar-refractivity contribution in [2.24, 2.45) is 17.6 Å². The Kier molecular flexibility index (Phi) is 9.25. The average molecular weight is 469 g/mol. The third kappa shape index (κ3) is 6.89. The van der Waals surface area contributed by atoms with Crippen molar-refractivity contribution in [3.63, 3.8) is 0 Å². The highest BCUT2D eigenvalue weighted by atomic mass is 16.5. The summed E-state index contributed by atoms with van der Waals surface area (Å²) < 4.78 is 5.50. The Balaban J connectivity index is 1.59. The quantitative estimate of drug-likeness (QED) is 0.360. The normalized spacial score (nSPS) is 21.7. The molecule has 0 amide bonds. The lowest BCUT2D eigenvalue weighted by molar-refractivity contribution is -0.135. The molecule has 0 spiro atoms. The van der Waals surface area contributed by atoms with Gasteiger partial charge in [0.1, 0.15) is 11.4 Å². The molecule has 0 saturated carbocycles. The molecule has 4 unspecified atom stereocenters. The lowest BCUT2D eigenvalue weighted by atomic mass is 9.84. The zero-order valence-electron chi connectivity index (χ0n) is 20.7. The zero-order valence-corrected chi connectivity index (χ0v) is 20.7. The van der Waals surface area contributed by atoms with Gasteiger partial charge in [-0.1, -0.05) is 56.3 Å². The van der Waals surface area contributed by atoms with Crippen molar-refractivity contribution < 1.29 is 19.7 Å². The maximum atomic E-state index is 12.3. The molecule has 34 heavy (non-hydrogen) atoms. The van der Waals surface area contributed by atoms with E-state index >= 15 is 0 Å². The number of aliphatic hydroxyl groups excluding tert-OH is 1. The Morgan fingerprint density at radius 3 is 2.41 bits per heavy atom. The number of rotatable bonds is 10. The summed E-state index contributed by atoms with van der Waals surface area (Å²) in [6, 6.07) is 16.6. The Morgan fingerprint density at radius 2 is 1.79 bits per heavy atom. The van der Waals surface area contributed by atoms with Crippen LogP contribution in [-0.2, 0) is 10.4 Å². The molecule has 0 aliphatic carbocycles. The molecule has 186 valence electrons. The lowest BCUT2D eigenvalue weighted by Crippen LogP contribution is -2.50. The number of ether oxygens (including phenoxy) is 1. The molecule has 3 rings (SSSR count). The fraction of sp³-hybridized carbons (Fsp3) is 0.536. The van der Waals surface area contributed by atoms with Crippen molar-refractivity contribution in [2.75, 3.05) is 19.6 Å². The summed E-state index contributed by atoms with van der Waals surface area (Å²) in [6.07, 6.45) is 2.03. The topological polar surface area (TPSA) is 96.0 Å². The van der Waals surface area contributed by atoms with Crippen LogP contribution in [0.2, 0.25) is 0 Å². The van der Waals surface area contributed by atoms with Gasteiger partial charge in [-0.25, -0.2) is 0 Å². The second-order valence-corrected chi connectivity index (χ2v) is 10.1. The minimum Gasteiger partial charge on any atom is -0.427 e. The Bertz CT molecular complexity index is 902. The molecule has 1 aliphatic rings. The van der Waals surface area contributed by atoms with Gasteiger partial charge in [-0.05, 0) is 74.4 Å². The largest absolute Gasteiger partial charge is 0.427 e. The molecule has 2 aromatic rings. The van der Waals surface area contributed by atoms with E-state index in [1.54, 1.807) is 24.3 Å². The number of hydrogen-bond donors (Lipinski definition) is 3. The fourth-order valence-electron chi connectivity index (χ4n) is 4.95. The van der Waals surface area contributed by atoms with E-state index < -0.39 is 11.7 Å². The van der Waals surface area contributed by atoms with Crippen molar-refractivity contribution in [1.29, 1.82) is 0 Å². The van der Waals surface area contributed by atoms with E-state index in [0.29, 0.717) is 37.6 Å². The van der Waals surface area contributed by atoms with Crippen LogP contribution in [0.1, 0.15) is 63.7 Å². The van der Waals surface area contributed by atoms with Crippen LogP contribution in [0.3, 0.4) is 0 Å². The molecule has 0 bridgehead atoms. The van der Waals surface area contributed by atoms with E-state index in [2.05, 4.69) is 18.7 Å². The van der Waals surface area contributed by atoms with Crippen LogP contribution in [0.15, 0.2) is 54.6 Å². The van der Waals surface area contributed by atoms with Crippen LogP contribution in [0.4, 0.5) is 0 Å². The first-order valence-corrected chi connectivity index (χ1v) is 12.4. The van der Waals surface area contributed by atoms with Gasteiger partial charge in [-0.2, -0.15) is 0 Å². The van der Waals surface area contributed by atoms with Gasteiger partial charge in [-0.3, -0.25) is 9.69 Å². The molecule has 1 aliphatic heterocycles. The number of β-amino-alcohol motifs (C(OH)–C–C–N with tert-alkyl or cyclic N) is 1. The second-order valence-electron chi connectivity index (χ2n) is 10.1. The second kappa shape index (κ2) is 11.9. The summed E-state index contributed by atoms with van der Waals surface area (Å²) >= 11 is 0. The summed E-state index contributed by atoms with van der Waals surface area (Å²) in [5.41, 5.74) is 6.55. The van der Waals surface area contributed by atoms with Crippen LogP contribution < -0.4 is 10.5 Å². The third-order valence-electron chi connectivity index (χ3n) is 6.89. The molecule has 6 heteroatoms. The van der Waals surface area contributed by atoms with Gasteiger partial charge in [-0.15, -0.1) is 0 Å². The predicted octanol–water partition coefficient (Wildman–Crippen LogP) is 4.01. The summed E-state index contributed by atoms with van der Waals surface area (Å²) in [6.45, 7) is 7.98. The molecular formula is C28H40N2O4. The maximum Gasteiger partial charge on any atom is 0.311 e. The van der Waals surface area contributed by atoms with Crippen LogP contribution >= 0.6 is 0 Å². The molecule has 1 saturated heterocycles. The van der Waals surface area contributed by atoms with E-state index in [9.17, 15) is 15.0 Å². The number of nitrogens with zero attached hydrogens (tertiary/aromatic N) is 1. The van der Waals surface area contributed by atoms with Gasteiger partial charge in [0.15, 0.2) is 0 Å². The smallest absolute Gasteiger partial charge is 0.311 e. The standard InChI is InChI=1S/C28H40N2O4/c1-20(2)16-22(18-29)17-26(31)34-25-12-10-23(11-13-25)27(32)21(3)30-15-7-14-28(33,19-30)24-8-5-4-6-9-24/h4-6,8-13,20-22,27,32-33H,7,14-19,29H2,1-3H3. The van der Waals surface area contributed by atoms with Crippen LogP contribution in [0.25, 0.3) is 0 Å². The van der Waals surface area contributed by atoms with Crippen molar-refractivity contribution in [1.82, 2.24) is 4.90 Å². The van der Waals surface area contributed by atoms with Gasteiger partial charge >= 0.3 is 5.97 Å². The Labute approximate surface area is 203 Å². The maximum absolute atomic E-state index is 12.3. The highest BCUT2D eigenvalue weighted by Crippen LogP contribution is 2.34. The molecule has 0 radical (unpaired) electrons. The highest BCUT2D eigenvalue weighted by molar-refractivity contribution is 5.72. The van der Waals surface area contributed by atoms with Gasteiger partial charge in [0.2, 0.25) is 0 Å². The zero-order chi connectivity index (χ0) is 24.7. The summed E-state index contributed by atoms with van der Waals surface area (Å²) in [4.78, 5) is 14.5. The molecule has 0 aromatic heterocycles. The first kappa shape index (κ1) is 26.4.